The molecule has 216 valence electrons. The number of ketones is 1. The minimum atomic E-state index is -0.964. The summed E-state index contributed by atoms with van der Waals surface area (Å²) in [5, 5.41) is 21.2. The van der Waals surface area contributed by atoms with Gasteiger partial charge in [0.1, 0.15) is 17.3 Å². The smallest absolute Gasteiger partial charge is 0.301 e. The first kappa shape index (κ1) is 29.9. The number of rotatable bonds is 10. The van der Waals surface area contributed by atoms with Crippen LogP contribution in [0, 0.1) is 0 Å². The molecule has 4 aromatic rings. The lowest BCUT2D eigenvalue weighted by Crippen LogP contribution is -2.29. The van der Waals surface area contributed by atoms with Crippen molar-refractivity contribution in [3.05, 3.63) is 99.0 Å². The Bertz CT molecular complexity index is 1660. The number of aliphatic hydroxyl groups is 1. The largest absolute Gasteiger partial charge is 0.507 e. The first-order valence-corrected chi connectivity index (χ1v) is 15.5. The van der Waals surface area contributed by atoms with E-state index < -0.39 is 17.7 Å². The van der Waals surface area contributed by atoms with E-state index in [1.807, 2.05) is 19.9 Å². The molecule has 3 aromatic carbocycles. The molecule has 1 unspecified atom stereocenters. The molecule has 0 radical (unpaired) electrons. The second-order valence-corrected chi connectivity index (χ2v) is 12.0. The van der Waals surface area contributed by atoms with E-state index in [0.29, 0.717) is 56.0 Å². The lowest BCUT2D eigenvalue weighted by molar-refractivity contribution is -0.132. The zero-order valence-corrected chi connectivity index (χ0v) is 25.7. The van der Waals surface area contributed by atoms with Crippen LogP contribution < -0.4 is 14.4 Å². The van der Waals surface area contributed by atoms with Crippen LogP contribution in [0.15, 0.2) is 76.6 Å². The Kier molecular flexibility index (Phi) is 9.37. The van der Waals surface area contributed by atoms with E-state index in [9.17, 15) is 14.7 Å². The Morgan fingerprint density at radius 2 is 1.71 bits per heavy atom. The number of halogens is 2. The number of ether oxygens (including phenoxy) is 2. The molecule has 0 spiro atoms. The number of aromatic nitrogens is 2. The molecule has 0 bridgehead atoms. The summed E-state index contributed by atoms with van der Waals surface area (Å²) in [6.45, 7) is 4.66. The van der Waals surface area contributed by atoms with Gasteiger partial charge in [0.05, 0.1) is 24.8 Å². The third-order valence-electron chi connectivity index (χ3n) is 6.34. The predicted molar refractivity (Wildman–Crippen MR) is 166 cm³/mol. The second kappa shape index (κ2) is 13.2. The highest BCUT2D eigenvalue weighted by Crippen LogP contribution is 2.45. The zero-order chi connectivity index (χ0) is 29.8. The highest BCUT2D eigenvalue weighted by Gasteiger charge is 2.48. The Morgan fingerprint density at radius 1 is 0.976 bits per heavy atom. The molecular weight excluding hydrogens is 617 g/mol. The second-order valence-electron chi connectivity index (χ2n) is 9.01. The predicted octanol–water partition coefficient (Wildman–Crippen LogP) is 7.56. The van der Waals surface area contributed by atoms with Gasteiger partial charge < -0.3 is 14.6 Å². The molecule has 2 heterocycles. The fourth-order valence-corrected chi connectivity index (χ4v) is 6.88. The van der Waals surface area contributed by atoms with Crippen LogP contribution in [0.4, 0.5) is 5.13 Å². The first-order valence-electron chi connectivity index (χ1n) is 13.0. The van der Waals surface area contributed by atoms with Crippen molar-refractivity contribution < 1.29 is 24.2 Å². The molecule has 0 aliphatic carbocycles. The Balaban J connectivity index is 1.53. The van der Waals surface area contributed by atoms with E-state index in [4.69, 9.17) is 32.7 Å². The molecule has 1 aromatic heterocycles. The van der Waals surface area contributed by atoms with Gasteiger partial charge in [-0.2, -0.15) is 0 Å². The number of thioether (sulfide) groups is 1. The summed E-state index contributed by atoms with van der Waals surface area (Å²) in [6, 6.07) is 18.1. The van der Waals surface area contributed by atoms with E-state index in [-0.39, 0.29) is 16.5 Å². The number of carbonyl (C=O) groups is 2. The van der Waals surface area contributed by atoms with Gasteiger partial charge in [-0.25, -0.2) is 0 Å². The number of carbonyl (C=O) groups excluding carboxylic acids is 2. The van der Waals surface area contributed by atoms with Gasteiger partial charge >= 0.3 is 5.91 Å². The number of benzene rings is 3. The standard InChI is InChI=1S/C30H25Cl2N3O5S2/c1-3-39-21-12-9-17(10-13-21)26(36)24-25(18-6-5-7-22(14-18)40-4-2)35(28(38)27(24)37)29-33-34-30(42-29)41-16-19-8-11-20(31)15-23(19)32/h5-15,25,36H,3-4,16H2,1-2H3. The van der Waals surface area contributed by atoms with Crippen LogP contribution in [0.1, 0.15) is 36.6 Å². The lowest BCUT2D eigenvalue weighted by Gasteiger charge is -2.23. The van der Waals surface area contributed by atoms with Crippen LogP contribution >= 0.6 is 46.3 Å². The van der Waals surface area contributed by atoms with E-state index in [2.05, 4.69) is 10.2 Å². The van der Waals surface area contributed by atoms with Crippen LogP contribution in [0.2, 0.25) is 10.0 Å². The third kappa shape index (κ3) is 6.27. The number of Topliss-reactive ketones (excluding diaryl/α,β-unsaturated/α-hetero) is 1. The van der Waals surface area contributed by atoms with Gasteiger partial charge in [-0.1, -0.05) is 64.5 Å². The van der Waals surface area contributed by atoms with Crippen molar-refractivity contribution in [2.45, 2.75) is 30.0 Å². The van der Waals surface area contributed by atoms with Crippen molar-refractivity contribution in [1.82, 2.24) is 10.2 Å². The Morgan fingerprint density at radius 3 is 2.43 bits per heavy atom. The molecule has 1 amide bonds. The van der Waals surface area contributed by atoms with Gasteiger partial charge in [-0.3, -0.25) is 14.5 Å². The van der Waals surface area contributed by atoms with Crippen molar-refractivity contribution in [1.29, 1.82) is 0 Å². The SMILES string of the molecule is CCOc1ccc(C(O)=C2C(=O)C(=O)N(c3nnc(SCc4ccc(Cl)cc4Cl)s3)C2c2cccc(OCC)c2)cc1. The Labute approximate surface area is 260 Å². The molecule has 12 heteroatoms. The molecule has 1 N–H and O–H groups in total. The molecule has 1 atom stereocenters. The first-order chi connectivity index (χ1) is 20.3. The maximum Gasteiger partial charge on any atom is 0.301 e. The van der Waals surface area contributed by atoms with E-state index in [1.165, 1.54) is 28.0 Å². The van der Waals surface area contributed by atoms with E-state index >= 15 is 0 Å². The third-order valence-corrected chi connectivity index (χ3v) is 9.03. The van der Waals surface area contributed by atoms with Crippen LogP contribution in [-0.4, -0.2) is 40.2 Å². The number of nitrogens with zero attached hydrogens (tertiary/aromatic N) is 3. The van der Waals surface area contributed by atoms with Crippen molar-refractivity contribution in [3.63, 3.8) is 0 Å². The van der Waals surface area contributed by atoms with Crippen molar-refractivity contribution >= 4 is 68.9 Å². The summed E-state index contributed by atoms with van der Waals surface area (Å²) >= 11 is 14.9. The molecule has 42 heavy (non-hydrogen) atoms. The molecule has 0 saturated carbocycles. The summed E-state index contributed by atoms with van der Waals surface area (Å²) in [4.78, 5) is 28.3. The molecule has 5 rings (SSSR count). The summed E-state index contributed by atoms with van der Waals surface area (Å²) in [5.74, 6) is -0.263. The van der Waals surface area contributed by atoms with Crippen molar-refractivity contribution in [3.8, 4) is 11.5 Å². The highest BCUT2D eigenvalue weighted by molar-refractivity contribution is 8.00. The number of hydrogen-bond acceptors (Lipinski definition) is 9. The zero-order valence-electron chi connectivity index (χ0n) is 22.5. The fourth-order valence-electron chi connectivity index (χ4n) is 4.45. The van der Waals surface area contributed by atoms with Gasteiger partial charge in [-0.05, 0) is 73.5 Å². The average Bonchev–Trinajstić information content (AvgIpc) is 3.55. The molecule has 1 saturated heterocycles. The molecular formula is C30H25Cl2N3O5S2. The van der Waals surface area contributed by atoms with Crippen molar-refractivity contribution in [2.75, 3.05) is 18.1 Å². The summed E-state index contributed by atoms with van der Waals surface area (Å²) in [5.41, 5.74) is 1.75. The molecule has 8 nitrogen and oxygen atoms in total. The van der Waals surface area contributed by atoms with E-state index in [1.54, 1.807) is 60.7 Å². The van der Waals surface area contributed by atoms with Gasteiger partial charge in [0, 0.05) is 21.4 Å². The number of hydrogen-bond donors (Lipinski definition) is 1. The number of aliphatic hydroxyl groups excluding tert-OH is 1. The summed E-state index contributed by atoms with van der Waals surface area (Å²) < 4.78 is 11.8. The maximum atomic E-state index is 13.5. The van der Waals surface area contributed by atoms with Gasteiger partial charge in [-0.15, -0.1) is 10.2 Å². The summed E-state index contributed by atoms with van der Waals surface area (Å²) in [6.07, 6.45) is 0. The van der Waals surface area contributed by atoms with Crippen LogP contribution in [-0.2, 0) is 15.3 Å². The fraction of sp³-hybridized carbons (Fsp3) is 0.200. The van der Waals surface area contributed by atoms with Crippen LogP contribution in [0.25, 0.3) is 5.76 Å². The molecule has 1 aliphatic rings. The van der Waals surface area contributed by atoms with Gasteiger partial charge in [0.2, 0.25) is 5.13 Å². The van der Waals surface area contributed by atoms with Crippen LogP contribution in [0.5, 0.6) is 11.5 Å². The maximum absolute atomic E-state index is 13.5. The van der Waals surface area contributed by atoms with Gasteiger partial charge in [0.15, 0.2) is 4.34 Å². The van der Waals surface area contributed by atoms with Crippen LogP contribution in [0.3, 0.4) is 0 Å². The van der Waals surface area contributed by atoms with Crippen molar-refractivity contribution in [2.24, 2.45) is 0 Å². The normalized spacial score (nSPS) is 16.2. The highest BCUT2D eigenvalue weighted by atomic mass is 35.5. The summed E-state index contributed by atoms with van der Waals surface area (Å²) in [7, 11) is 0. The number of amides is 1. The lowest BCUT2D eigenvalue weighted by atomic mass is 9.95. The van der Waals surface area contributed by atoms with Gasteiger partial charge in [0.25, 0.3) is 5.78 Å². The molecule has 1 aliphatic heterocycles. The number of anilines is 1. The molecule has 1 fully saturated rings. The van der Waals surface area contributed by atoms with E-state index in [0.717, 1.165) is 5.56 Å². The minimum absolute atomic E-state index is 0.0600. The topological polar surface area (TPSA) is 102 Å². The average molecular weight is 643 g/mol. The Hall–Kier alpha value is -3.57. The quantitative estimate of drug-likeness (QED) is 0.0622. The minimum Gasteiger partial charge on any atom is -0.507 e. The monoisotopic (exact) mass is 641 g/mol.